The molecule has 96 valence electrons. The van der Waals surface area contributed by atoms with Gasteiger partial charge in [0.25, 0.3) is 5.92 Å². The van der Waals surface area contributed by atoms with Crippen molar-refractivity contribution in [3.63, 3.8) is 0 Å². The first kappa shape index (κ1) is 15.7. The first-order valence-corrected chi connectivity index (χ1v) is 4.37. The summed E-state index contributed by atoms with van der Waals surface area (Å²) in [5.41, 5.74) is 4.52. The monoisotopic (exact) mass is 269 g/mol. The number of nitrogens with two attached hydrogens (primary N) is 1. The number of benzene rings is 1. The molecule has 0 radical (unpaired) electrons. The van der Waals surface area contributed by atoms with Crippen molar-refractivity contribution in [3.05, 3.63) is 35.6 Å². The molecule has 0 saturated heterocycles. The van der Waals surface area contributed by atoms with Crippen LogP contribution in [0.1, 0.15) is 5.56 Å². The van der Waals surface area contributed by atoms with Crippen molar-refractivity contribution in [1.29, 1.82) is 0 Å². The fraction of sp³-hybridized carbons (Fsp3) is 0.300. The van der Waals surface area contributed by atoms with Gasteiger partial charge in [-0.05, 0) is 12.1 Å². The molecule has 0 amide bonds. The Hall–Kier alpha value is -1.27. The summed E-state index contributed by atoms with van der Waals surface area (Å²) in [7, 11) is 0.961. The summed E-state index contributed by atoms with van der Waals surface area (Å²) in [6, 6.07) is 1.37. The number of carbonyl (C=O) groups is 1. The Morgan fingerprint density at radius 2 is 1.82 bits per heavy atom. The van der Waals surface area contributed by atoms with Crippen molar-refractivity contribution in [2.24, 2.45) is 5.73 Å². The third-order valence-electron chi connectivity index (χ3n) is 2.07. The van der Waals surface area contributed by atoms with E-state index in [1.807, 2.05) is 0 Å². The highest BCUT2D eigenvalue weighted by atomic mass is 35.5. The minimum Gasteiger partial charge on any atom is -0.468 e. The Morgan fingerprint density at radius 3 is 2.24 bits per heavy atom. The molecule has 3 nitrogen and oxygen atoms in total. The van der Waals surface area contributed by atoms with E-state index in [1.165, 1.54) is 0 Å². The van der Waals surface area contributed by atoms with Gasteiger partial charge in [-0.15, -0.1) is 12.4 Å². The van der Waals surface area contributed by atoms with Crippen LogP contribution in [0, 0.1) is 5.82 Å². The average Bonchev–Trinajstić information content (AvgIpc) is 2.27. The van der Waals surface area contributed by atoms with E-state index < -0.39 is 29.3 Å². The summed E-state index contributed by atoms with van der Waals surface area (Å²) in [5, 5.41) is 0. The summed E-state index contributed by atoms with van der Waals surface area (Å²) in [4.78, 5) is 10.9. The Labute approximate surface area is 102 Å². The topological polar surface area (TPSA) is 52.3 Å². The van der Waals surface area contributed by atoms with Crippen LogP contribution in [0.15, 0.2) is 24.3 Å². The molecule has 0 bridgehead atoms. The van der Waals surface area contributed by atoms with E-state index in [0.29, 0.717) is 0 Å². The lowest BCUT2D eigenvalue weighted by Gasteiger charge is -2.21. The first-order valence-electron chi connectivity index (χ1n) is 4.37. The van der Waals surface area contributed by atoms with Gasteiger partial charge >= 0.3 is 5.97 Å². The molecule has 17 heavy (non-hydrogen) atoms. The van der Waals surface area contributed by atoms with Crippen LogP contribution in [0.5, 0.6) is 0 Å². The third-order valence-corrected chi connectivity index (χ3v) is 2.07. The van der Waals surface area contributed by atoms with E-state index in [9.17, 15) is 18.0 Å². The lowest BCUT2D eigenvalue weighted by Crippen LogP contribution is -2.45. The number of methoxy groups -OCH3 is 1. The molecular weight excluding hydrogens is 259 g/mol. The number of halogens is 4. The number of ether oxygens (including phenoxy) is 1. The quantitative estimate of drug-likeness (QED) is 0.852. The lowest BCUT2D eigenvalue weighted by molar-refractivity contribution is -0.153. The molecule has 1 atom stereocenters. The van der Waals surface area contributed by atoms with E-state index in [0.717, 1.165) is 31.4 Å². The van der Waals surface area contributed by atoms with E-state index in [1.54, 1.807) is 0 Å². The molecule has 0 saturated carbocycles. The Morgan fingerprint density at radius 1 is 1.35 bits per heavy atom. The molecule has 0 aliphatic rings. The molecule has 2 N–H and O–H groups in total. The predicted octanol–water partition coefficient (Wildman–Crippen LogP) is 1.84. The van der Waals surface area contributed by atoms with Gasteiger partial charge in [-0.3, -0.25) is 4.79 Å². The number of hydrogen-bond donors (Lipinski definition) is 1. The van der Waals surface area contributed by atoms with Crippen LogP contribution in [0.25, 0.3) is 0 Å². The van der Waals surface area contributed by atoms with Gasteiger partial charge in [0.2, 0.25) is 0 Å². The van der Waals surface area contributed by atoms with Crippen molar-refractivity contribution < 1.29 is 22.7 Å². The van der Waals surface area contributed by atoms with Crippen molar-refractivity contribution in [3.8, 4) is 0 Å². The summed E-state index contributed by atoms with van der Waals surface area (Å²) >= 11 is 0. The fourth-order valence-electron chi connectivity index (χ4n) is 1.13. The molecule has 0 aliphatic carbocycles. The third kappa shape index (κ3) is 3.34. The van der Waals surface area contributed by atoms with Crippen LogP contribution >= 0.6 is 12.4 Å². The lowest BCUT2D eigenvalue weighted by atomic mass is 10.0. The molecule has 0 spiro atoms. The molecule has 1 unspecified atom stereocenters. The average molecular weight is 270 g/mol. The molecule has 0 fully saturated rings. The zero-order valence-corrected chi connectivity index (χ0v) is 9.64. The molecular formula is C10H11ClF3NO2. The SMILES string of the molecule is COC(=O)C(N)C(F)(F)c1ccc(F)cc1.Cl. The van der Waals surface area contributed by atoms with Crippen molar-refractivity contribution >= 4 is 18.4 Å². The number of hydrogen-bond acceptors (Lipinski definition) is 3. The Bertz CT molecular complexity index is 384. The first-order chi connectivity index (χ1) is 7.39. The number of rotatable bonds is 3. The van der Waals surface area contributed by atoms with Gasteiger partial charge in [0.15, 0.2) is 6.04 Å². The largest absolute Gasteiger partial charge is 0.468 e. The van der Waals surface area contributed by atoms with Gasteiger partial charge in [-0.2, -0.15) is 8.78 Å². The minimum absolute atomic E-state index is 0. The maximum Gasteiger partial charge on any atom is 0.329 e. The number of alkyl halides is 2. The second-order valence-electron chi connectivity index (χ2n) is 3.13. The van der Waals surface area contributed by atoms with Crippen LogP contribution in [-0.2, 0) is 15.5 Å². The second kappa shape index (κ2) is 5.88. The highest BCUT2D eigenvalue weighted by Crippen LogP contribution is 2.31. The summed E-state index contributed by atoms with van der Waals surface area (Å²) in [6.07, 6.45) is 0. The van der Waals surface area contributed by atoms with Crippen LogP contribution in [-0.4, -0.2) is 19.1 Å². The van der Waals surface area contributed by atoms with Crippen molar-refractivity contribution in [2.75, 3.05) is 7.11 Å². The Balaban J connectivity index is 0.00000256. The zero-order valence-electron chi connectivity index (χ0n) is 8.82. The molecule has 0 aliphatic heterocycles. The molecule has 0 aromatic heterocycles. The van der Waals surface area contributed by atoms with Gasteiger partial charge in [-0.25, -0.2) is 4.39 Å². The normalized spacial score (nSPS) is 12.5. The molecule has 1 rings (SSSR count). The van der Waals surface area contributed by atoms with E-state index in [2.05, 4.69) is 4.74 Å². The van der Waals surface area contributed by atoms with Crippen molar-refractivity contribution in [2.45, 2.75) is 12.0 Å². The van der Waals surface area contributed by atoms with Crippen LogP contribution in [0.4, 0.5) is 13.2 Å². The van der Waals surface area contributed by atoms with E-state index in [-0.39, 0.29) is 12.4 Å². The smallest absolute Gasteiger partial charge is 0.329 e. The molecule has 1 aromatic rings. The van der Waals surface area contributed by atoms with Gasteiger partial charge in [0, 0.05) is 5.56 Å². The second-order valence-corrected chi connectivity index (χ2v) is 3.13. The van der Waals surface area contributed by atoms with Crippen LogP contribution < -0.4 is 5.73 Å². The molecule has 7 heteroatoms. The molecule has 0 heterocycles. The number of esters is 1. The zero-order chi connectivity index (χ0) is 12.3. The van der Waals surface area contributed by atoms with Crippen LogP contribution in [0.3, 0.4) is 0 Å². The van der Waals surface area contributed by atoms with Gasteiger partial charge in [0.05, 0.1) is 7.11 Å². The predicted molar refractivity (Wildman–Crippen MR) is 57.5 cm³/mol. The van der Waals surface area contributed by atoms with E-state index >= 15 is 0 Å². The highest BCUT2D eigenvalue weighted by molar-refractivity contribution is 5.85. The Kier molecular flexibility index (Phi) is 5.44. The summed E-state index contributed by atoms with van der Waals surface area (Å²) in [5.74, 6) is -5.47. The number of carbonyl (C=O) groups excluding carboxylic acids is 1. The summed E-state index contributed by atoms with van der Waals surface area (Å²) in [6.45, 7) is 0. The van der Waals surface area contributed by atoms with Gasteiger partial charge in [-0.1, -0.05) is 12.1 Å². The van der Waals surface area contributed by atoms with Gasteiger partial charge in [0.1, 0.15) is 5.82 Å². The maximum atomic E-state index is 13.6. The molecule has 1 aromatic carbocycles. The highest BCUT2D eigenvalue weighted by Gasteiger charge is 2.44. The fourth-order valence-corrected chi connectivity index (χ4v) is 1.13. The van der Waals surface area contributed by atoms with Crippen LogP contribution in [0.2, 0.25) is 0 Å². The van der Waals surface area contributed by atoms with E-state index in [4.69, 9.17) is 5.73 Å². The maximum absolute atomic E-state index is 13.6. The minimum atomic E-state index is -3.60. The van der Waals surface area contributed by atoms with Crippen molar-refractivity contribution in [1.82, 2.24) is 0 Å². The summed E-state index contributed by atoms with van der Waals surface area (Å²) < 4.78 is 43.8. The van der Waals surface area contributed by atoms with Gasteiger partial charge < -0.3 is 10.5 Å². The standard InChI is InChI=1S/C10H10F3NO2.ClH/c1-16-9(15)8(14)10(12,13)6-2-4-7(11)5-3-6;/h2-5,8H,14H2,1H3;1H.